The van der Waals surface area contributed by atoms with Gasteiger partial charge in [0.2, 0.25) is 0 Å². The van der Waals surface area contributed by atoms with Crippen LogP contribution in [0.5, 0.6) is 11.5 Å². The first kappa shape index (κ1) is 18.0. The van der Waals surface area contributed by atoms with Crippen molar-refractivity contribution in [2.75, 3.05) is 12.5 Å². The minimum atomic E-state index is 0.365. The monoisotopic (exact) mass is 407 g/mol. The van der Waals surface area contributed by atoms with E-state index in [4.69, 9.17) is 18.9 Å². The molecule has 29 heavy (non-hydrogen) atoms. The zero-order valence-electron chi connectivity index (χ0n) is 16.2. The summed E-state index contributed by atoms with van der Waals surface area (Å²) in [4.78, 5) is 4.72. The molecule has 7 heteroatoms. The van der Waals surface area contributed by atoms with Gasteiger partial charge >= 0.3 is 0 Å². The summed E-state index contributed by atoms with van der Waals surface area (Å²) >= 11 is 1.73. The van der Waals surface area contributed by atoms with Crippen molar-refractivity contribution in [2.24, 2.45) is 0 Å². The number of benzene rings is 2. The van der Waals surface area contributed by atoms with Crippen LogP contribution in [-0.4, -0.2) is 22.1 Å². The second-order valence-corrected chi connectivity index (χ2v) is 8.01. The molecule has 0 amide bonds. The highest BCUT2D eigenvalue weighted by Crippen LogP contribution is 2.38. The van der Waals surface area contributed by atoms with Crippen molar-refractivity contribution in [2.45, 2.75) is 30.5 Å². The Labute approximate surface area is 172 Å². The zero-order valence-corrected chi connectivity index (χ0v) is 17.0. The largest absolute Gasteiger partial charge is 0.496 e. The maximum absolute atomic E-state index is 6.11. The Morgan fingerprint density at radius 2 is 2.07 bits per heavy atom. The van der Waals surface area contributed by atoms with E-state index in [1.54, 1.807) is 18.9 Å². The van der Waals surface area contributed by atoms with Crippen LogP contribution in [0.3, 0.4) is 0 Å². The third-order valence-corrected chi connectivity index (χ3v) is 6.10. The molecule has 0 radical (unpaired) electrons. The van der Waals surface area contributed by atoms with Crippen molar-refractivity contribution in [3.8, 4) is 23.0 Å². The number of ether oxygens (including phenoxy) is 2. The fourth-order valence-electron chi connectivity index (χ4n) is 3.32. The second kappa shape index (κ2) is 7.40. The van der Waals surface area contributed by atoms with Crippen molar-refractivity contribution in [1.82, 2.24) is 9.66 Å². The van der Waals surface area contributed by atoms with Crippen LogP contribution in [0.1, 0.15) is 18.9 Å². The fraction of sp³-hybridized carbons (Fsp3) is 0.227. The van der Waals surface area contributed by atoms with Gasteiger partial charge in [-0.2, -0.15) is 0 Å². The summed E-state index contributed by atoms with van der Waals surface area (Å²) < 4.78 is 19.6. The summed E-state index contributed by atoms with van der Waals surface area (Å²) in [7, 11) is 1.64. The third-order valence-electron chi connectivity index (χ3n) is 4.87. The van der Waals surface area contributed by atoms with E-state index < -0.39 is 0 Å². The summed E-state index contributed by atoms with van der Waals surface area (Å²) in [6.45, 7) is 2.63. The van der Waals surface area contributed by atoms with Crippen LogP contribution < -0.4 is 14.9 Å². The molecule has 0 fully saturated rings. The van der Waals surface area contributed by atoms with Crippen LogP contribution in [0.4, 0.5) is 0 Å². The predicted molar refractivity (Wildman–Crippen MR) is 114 cm³/mol. The Morgan fingerprint density at radius 1 is 1.21 bits per heavy atom. The number of methoxy groups -OCH3 is 1. The zero-order chi connectivity index (χ0) is 19.8. The van der Waals surface area contributed by atoms with E-state index in [1.165, 1.54) is 0 Å². The molecule has 2 aromatic carbocycles. The molecule has 1 unspecified atom stereocenters. The smallest absolute Gasteiger partial charge is 0.189 e. The van der Waals surface area contributed by atoms with Gasteiger partial charge in [-0.1, -0.05) is 49.0 Å². The lowest BCUT2D eigenvalue weighted by molar-refractivity contribution is 0.307. The first-order valence-electron chi connectivity index (χ1n) is 9.54. The summed E-state index contributed by atoms with van der Waals surface area (Å²) in [5, 5.41) is 2.21. The molecule has 1 aliphatic rings. The highest BCUT2D eigenvalue weighted by Gasteiger charge is 2.24. The number of imidazole rings is 1. The van der Waals surface area contributed by atoms with Gasteiger partial charge in [-0.15, -0.1) is 0 Å². The molecule has 1 N–H and O–H groups in total. The van der Waals surface area contributed by atoms with Gasteiger partial charge in [-0.3, -0.25) is 0 Å². The van der Waals surface area contributed by atoms with Gasteiger partial charge in [-0.25, -0.2) is 9.66 Å². The average Bonchev–Trinajstić information content (AvgIpc) is 3.44. The molecule has 0 bridgehead atoms. The Bertz CT molecular complexity index is 1130. The number of thioether (sulfide) groups is 1. The number of hydrogen-bond acceptors (Lipinski definition) is 6. The van der Waals surface area contributed by atoms with Crippen LogP contribution >= 0.6 is 11.8 Å². The Balaban J connectivity index is 1.48. The molecule has 0 spiro atoms. The van der Waals surface area contributed by atoms with E-state index in [-0.39, 0.29) is 0 Å². The summed E-state index contributed by atoms with van der Waals surface area (Å²) in [5.74, 6) is 2.12. The number of nitrogens with zero attached hydrogens (tertiary/aromatic N) is 2. The number of rotatable bonds is 6. The van der Waals surface area contributed by atoms with Crippen molar-refractivity contribution >= 4 is 22.7 Å². The molecule has 148 valence electrons. The van der Waals surface area contributed by atoms with Crippen LogP contribution in [0.15, 0.2) is 64.3 Å². The summed E-state index contributed by atoms with van der Waals surface area (Å²) in [5.41, 5.74) is 6.01. The van der Waals surface area contributed by atoms with Gasteiger partial charge < -0.3 is 19.3 Å². The van der Waals surface area contributed by atoms with Crippen molar-refractivity contribution < 1.29 is 13.9 Å². The molecule has 2 aromatic heterocycles. The molecule has 3 heterocycles. The van der Waals surface area contributed by atoms with Crippen LogP contribution in [0.25, 0.3) is 22.4 Å². The lowest BCUT2D eigenvalue weighted by Gasteiger charge is -2.09. The van der Waals surface area contributed by atoms with E-state index in [0.29, 0.717) is 29.1 Å². The maximum atomic E-state index is 6.11. The molecule has 4 aromatic rings. The summed E-state index contributed by atoms with van der Waals surface area (Å²) in [6, 6.07) is 15.8. The van der Waals surface area contributed by atoms with Crippen molar-refractivity contribution in [3.05, 3.63) is 60.3 Å². The first-order valence-corrected chi connectivity index (χ1v) is 10.4. The molecule has 0 aliphatic carbocycles. The van der Waals surface area contributed by atoms with Gasteiger partial charge in [0.05, 0.1) is 24.1 Å². The number of fused-ring (bicyclic) bond motifs is 2. The molecule has 0 saturated carbocycles. The minimum absolute atomic E-state index is 0.365. The van der Waals surface area contributed by atoms with E-state index in [2.05, 4.69) is 12.3 Å². The fourth-order valence-corrected chi connectivity index (χ4v) is 4.28. The maximum Gasteiger partial charge on any atom is 0.189 e. The van der Waals surface area contributed by atoms with E-state index in [9.17, 15) is 0 Å². The standard InChI is InChI=1S/C22H21N3O3S/c1-3-21-24-25-12-17(23-22(25)29-21)20-11-16-18(9-15(26-2)10-19(16)28-20)27-13-14-7-5-4-6-8-14/h4-12,21,24H,3,13H2,1-2H3. The van der Waals surface area contributed by atoms with Gasteiger partial charge in [-0.05, 0) is 18.1 Å². The van der Waals surface area contributed by atoms with Gasteiger partial charge in [0.25, 0.3) is 0 Å². The quantitative estimate of drug-likeness (QED) is 0.470. The topological polar surface area (TPSA) is 61.5 Å². The molecule has 0 saturated heterocycles. The Kier molecular flexibility index (Phi) is 4.60. The van der Waals surface area contributed by atoms with Crippen LogP contribution in [0, 0.1) is 0 Å². The second-order valence-electron chi connectivity index (χ2n) is 6.84. The van der Waals surface area contributed by atoms with E-state index in [1.807, 2.05) is 59.4 Å². The van der Waals surface area contributed by atoms with Gasteiger partial charge in [0.15, 0.2) is 10.9 Å². The SMILES string of the molecule is CCC1Nn2cc(-c3cc4c(OCc5ccccc5)cc(OC)cc4o3)nc2S1. The summed E-state index contributed by atoms with van der Waals surface area (Å²) in [6.07, 6.45) is 3.01. The molecule has 1 aliphatic heterocycles. The number of furan rings is 1. The first-order chi connectivity index (χ1) is 14.2. The number of hydrogen-bond donors (Lipinski definition) is 1. The van der Waals surface area contributed by atoms with Crippen molar-refractivity contribution in [3.63, 3.8) is 0 Å². The van der Waals surface area contributed by atoms with Crippen LogP contribution in [0.2, 0.25) is 0 Å². The highest BCUT2D eigenvalue weighted by molar-refractivity contribution is 8.00. The normalized spacial score (nSPS) is 15.3. The average molecular weight is 407 g/mol. The molecule has 5 rings (SSSR count). The predicted octanol–water partition coefficient (Wildman–Crippen LogP) is 5.27. The van der Waals surface area contributed by atoms with Gasteiger partial charge in [0, 0.05) is 12.1 Å². The lowest BCUT2D eigenvalue weighted by Crippen LogP contribution is -2.16. The minimum Gasteiger partial charge on any atom is -0.496 e. The van der Waals surface area contributed by atoms with Gasteiger partial charge in [0.1, 0.15) is 29.4 Å². The molecular formula is C22H21N3O3S. The number of aromatic nitrogens is 2. The van der Waals surface area contributed by atoms with E-state index >= 15 is 0 Å². The lowest BCUT2D eigenvalue weighted by atomic mass is 10.2. The number of nitrogens with one attached hydrogen (secondary N) is 1. The Hall–Kier alpha value is -3.06. The third kappa shape index (κ3) is 3.42. The van der Waals surface area contributed by atoms with Crippen LogP contribution in [-0.2, 0) is 6.61 Å². The molecular weight excluding hydrogens is 386 g/mol. The molecule has 1 atom stereocenters. The van der Waals surface area contributed by atoms with Crippen molar-refractivity contribution in [1.29, 1.82) is 0 Å². The molecule has 6 nitrogen and oxygen atoms in total. The highest BCUT2D eigenvalue weighted by atomic mass is 32.2. The Morgan fingerprint density at radius 3 is 2.83 bits per heavy atom. The van der Waals surface area contributed by atoms with E-state index in [0.717, 1.165) is 34.0 Å².